The fraction of sp³-hybridized carbons (Fsp3) is 0.714. The van der Waals surface area contributed by atoms with Gasteiger partial charge in [-0.15, -0.1) is 0 Å². The first kappa shape index (κ1) is 21.8. The van der Waals surface area contributed by atoms with E-state index in [1.165, 1.54) is 12.1 Å². The lowest BCUT2D eigenvalue weighted by Crippen LogP contribution is -2.48. The van der Waals surface area contributed by atoms with Crippen molar-refractivity contribution in [3.05, 3.63) is 35.6 Å². The zero-order chi connectivity index (χ0) is 21.2. The van der Waals surface area contributed by atoms with Gasteiger partial charge >= 0.3 is 14.2 Å². The molecule has 0 atom stereocenters. The molecular weight excluding hydrogens is 357 g/mol. The molecule has 4 nitrogen and oxygen atoms in total. The largest absolute Gasteiger partial charge is 0.462 e. The molecule has 0 saturated carbocycles. The van der Waals surface area contributed by atoms with Crippen LogP contribution in [0.15, 0.2) is 24.3 Å². The molecule has 0 aromatic heterocycles. The van der Waals surface area contributed by atoms with Gasteiger partial charge < -0.3 is 18.6 Å². The predicted molar refractivity (Wildman–Crippen MR) is 111 cm³/mol. The molecule has 0 N–H and O–H groups in total. The minimum Gasteiger partial charge on any atom is -0.403 e. The van der Waals surface area contributed by atoms with Gasteiger partial charge in [-0.05, 0) is 79.5 Å². The molecule has 2 aliphatic rings. The van der Waals surface area contributed by atoms with E-state index in [9.17, 15) is 4.39 Å². The monoisotopic (exact) mass is 390 g/mol. The summed E-state index contributed by atoms with van der Waals surface area (Å²) in [4.78, 5) is 0. The normalized spacial score (nSPS) is 25.4. The molecule has 28 heavy (non-hydrogen) atoms. The maximum atomic E-state index is 13.4. The van der Waals surface area contributed by atoms with E-state index in [0.717, 1.165) is 5.56 Å². The summed E-state index contributed by atoms with van der Waals surface area (Å²) in [5, 5.41) is -0.631. The van der Waals surface area contributed by atoms with Crippen LogP contribution in [0.4, 0.5) is 4.39 Å². The van der Waals surface area contributed by atoms with E-state index >= 15 is 0 Å². The average Bonchev–Trinajstić information content (AvgIpc) is 2.90. The Kier molecular flexibility index (Phi) is 5.11. The molecule has 0 radical (unpaired) electrons. The Morgan fingerprint density at radius 2 is 1.04 bits per heavy atom. The SMILES string of the molecule is CC(Cc1ccc(F)cc1)(B1OC(C)(C)C(C)(C)O1)B1OC(C)(C)C(C)(C)O1. The van der Waals surface area contributed by atoms with Crippen molar-refractivity contribution in [3.63, 3.8) is 0 Å². The molecule has 0 spiro atoms. The van der Waals surface area contributed by atoms with Gasteiger partial charge in [-0.3, -0.25) is 0 Å². The van der Waals surface area contributed by atoms with Gasteiger partial charge in [-0.2, -0.15) is 0 Å². The maximum Gasteiger partial charge on any atom is 0.462 e. The second-order valence-corrected chi connectivity index (χ2v) is 10.5. The molecule has 154 valence electrons. The van der Waals surface area contributed by atoms with Crippen molar-refractivity contribution in [2.45, 2.75) is 96.4 Å². The smallest absolute Gasteiger partial charge is 0.403 e. The van der Waals surface area contributed by atoms with E-state index in [1.807, 2.05) is 55.4 Å². The minimum absolute atomic E-state index is 0.253. The summed E-state index contributed by atoms with van der Waals surface area (Å²) in [5.74, 6) is -0.253. The molecular formula is C21H33B2FO4. The van der Waals surface area contributed by atoms with Crippen LogP contribution in [-0.4, -0.2) is 36.6 Å². The van der Waals surface area contributed by atoms with Crippen LogP contribution in [0.5, 0.6) is 0 Å². The molecule has 1 aromatic carbocycles. The van der Waals surface area contributed by atoms with E-state index in [-0.39, 0.29) is 5.82 Å². The van der Waals surface area contributed by atoms with E-state index in [1.54, 1.807) is 12.1 Å². The summed E-state index contributed by atoms with van der Waals surface area (Å²) in [5.41, 5.74) is -0.888. The van der Waals surface area contributed by atoms with Crippen molar-refractivity contribution in [2.24, 2.45) is 0 Å². The van der Waals surface area contributed by atoms with Crippen LogP contribution in [0.2, 0.25) is 5.21 Å². The first-order valence-corrected chi connectivity index (χ1v) is 10.1. The molecule has 0 amide bonds. The van der Waals surface area contributed by atoms with Crippen LogP contribution in [0.3, 0.4) is 0 Å². The second kappa shape index (κ2) is 6.56. The second-order valence-electron chi connectivity index (χ2n) is 10.5. The Hall–Kier alpha value is -0.880. The zero-order valence-electron chi connectivity index (χ0n) is 18.7. The Morgan fingerprint density at radius 3 is 1.36 bits per heavy atom. The van der Waals surface area contributed by atoms with Crippen molar-refractivity contribution in [2.75, 3.05) is 0 Å². The first-order valence-electron chi connectivity index (χ1n) is 10.1. The van der Waals surface area contributed by atoms with Crippen LogP contribution in [-0.2, 0) is 25.0 Å². The number of benzene rings is 1. The molecule has 2 fully saturated rings. The van der Waals surface area contributed by atoms with Crippen LogP contribution in [0, 0.1) is 5.82 Å². The lowest BCUT2D eigenvalue weighted by molar-refractivity contribution is 0.00578. The van der Waals surface area contributed by atoms with E-state index < -0.39 is 41.9 Å². The van der Waals surface area contributed by atoms with Crippen molar-refractivity contribution in [3.8, 4) is 0 Å². The summed E-state index contributed by atoms with van der Waals surface area (Å²) in [6.45, 7) is 18.4. The third kappa shape index (κ3) is 3.55. The highest BCUT2D eigenvalue weighted by atomic mass is 19.1. The Labute approximate surface area is 169 Å². The molecule has 3 rings (SSSR count). The number of rotatable bonds is 4. The van der Waals surface area contributed by atoms with Gasteiger partial charge in [0.2, 0.25) is 0 Å². The quantitative estimate of drug-likeness (QED) is 0.689. The Morgan fingerprint density at radius 1 is 0.714 bits per heavy atom. The van der Waals surface area contributed by atoms with Crippen LogP contribution in [0.25, 0.3) is 0 Å². The summed E-state index contributed by atoms with van der Waals surface area (Å²) in [6, 6.07) is 6.54. The van der Waals surface area contributed by atoms with Gasteiger partial charge in [0.15, 0.2) is 0 Å². The zero-order valence-corrected chi connectivity index (χ0v) is 18.7. The van der Waals surface area contributed by atoms with Gasteiger partial charge in [0.05, 0.1) is 22.4 Å². The number of hydrogen-bond donors (Lipinski definition) is 0. The molecule has 0 aliphatic carbocycles. The highest BCUT2D eigenvalue weighted by Crippen LogP contribution is 2.52. The third-order valence-electron chi connectivity index (χ3n) is 7.08. The molecule has 7 heteroatoms. The molecule has 2 heterocycles. The summed E-state index contributed by atoms with van der Waals surface area (Å²) in [7, 11) is -1.06. The minimum atomic E-state index is -0.631. The fourth-order valence-corrected chi connectivity index (χ4v) is 3.54. The summed E-state index contributed by atoms with van der Waals surface area (Å²) >= 11 is 0. The molecule has 0 bridgehead atoms. The van der Waals surface area contributed by atoms with Gasteiger partial charge in [0.25, 0.3) is 0 Å². The maximum absolute atomic E-state index is 13.4. The number of halogens is 1. The van der Waals surface area contributed by atoms with Crippen LogP contribution < -0.4 is 0 Å². The highest BCUT2D eigenvalue weighted by Gasteiger charge is 2.67. The fourth-order valence-electron chi connectivity index (χ4n) is 3.54. The lowest BCUT2D eigenvalue weighted by Gasteiger charge is -2.33. The topological polar surface area (TPSA) is 36.9 Å². The van der Waals surface area contributed by atoms with Crippen LogP contribution >= 0.6 is 0 Å². The molecule has 2 saturated heterocycles. The van der Waals surface area contributed by atoms with Gasteiger partial charge in [0.1, 0.15) is 5.82 Å². The van der Waals surface area contributed by atoms with Gasteiger partial charge in [0, 0.05) is 5.21 Å². The lowest BCUT2D eigenvalue weighted by atomic mass is 9.38. The number of hydrogen-bond acceptors (Lipinski definition) is 4. The van der Waals surface area contributed by atoms with Crippen molar-refractivity contribution < 1.29 is 23.0 Å². The summed E-state index contributed by atoms with van der Waals surface area (Å²) in [6.07, 6.45) is 0.570. The van der Waals surface area contributed by atoms with Crippen molar-refractivity contribution in [1.82, 2.24) is 0 Å². The van der Waals surface area contributed by atoms with Gasteiger partial charge in [-0.25, -0.2) is 4.39 Å². The molecule has 0 unspecified atom stereocenters. The van der Waals surface area contributed by atoms with Crippen molar-refractivity contribution in [1.29, 1.82) is 0 Å². The average molecular weight is 390 g/mol. The van der Waals surface area contributed by atoms with E-state index in [4.69, 9.17) is 18.6 Å². The van der Waals surface area contributed by atoms with E-state index in [0.29, 0.717) is 6.42 Å². The third-order valence-corrected chi connectivity index (χ3v) is 7.08. The summed E-state index contributed by atoms with van der Waals surface area (Å²) < 4.78 is 39.1. The highest BCUT2D eigenvalue weighted by molar-refractivity contribution is 6.71. The van der Waals surface area contributed by atoms with E-state index in [2.05, 4.69) is 6.92 Å². The Bertz CT molecular complexity index is 662. The Balaban J connectivity index is 1.98. The van der Waals surface area contributed by atoms with Gasteiger partial charge in [-0.1, -0.05) is 19.1 Å². The first-order chi connectivity index (χ1) is 12.6. The van der Waals surface area contributed by atoms with Crippen molar-refractivity contribution >= 4 is 14.2 Å². The molecule has 1 aromatic rings. The molecule has 2 aliphatic heterocycles. The standard InChI is InChI=1S/C21H33B2FO4/c1-17(2)18(3,4)26-22(25-17)21(9,14-15-10-12-16(24)13-11-15)23-27-19(5,6)20(7,8)28-23/h10-13H,14H2,1-9H3. The van der Waals surface area contributed by atoms with Crippen LogP contribution in [0.1, 0.15) is 67.9 Å². The predicted octanol–water partition coefficient (Wildman–Crippen LogP) is 4.85.